The van der Waals surface area contributed by atoms with Gasteiger partial charge in [-0.3, -0.25) is 10.1 Å². The fourth-order valence-corrected chi connectivity index (χ4v) is 3.19. The monoisotopic (exact) mass is 479 g/mol. The molecule has 2 N–H and O–H groups in total. The molecule has 178 valence electrons. The number of carboxylic acid groups (broad SMARTS) is 2. The summed E-state index contributed by atoms with van der Waals surface area (Å²) >= 11 is 0. The highest BCUT2D eigenvalue weighted by Gasteiger charge is 2.35. The first-order valence-electron chi connectivity index (χ1n) is 9.95. The molecule has 0 heterocycles. The summed E-state index contributed by atoms with van der Waals surface area (Å²) in [5, 5.41) is 30.6. The lowest BCUT2D eigenvalue weighted by atomic mass is 10.0. The maximum atomic E-state index is 13.0. The van der Waals surface area contributed by atoms with Gasteiger partial charge in [0.05, 0.1) is 10.5 Å². The molecular formula is C24H17NO10. The smallest absolute Gasteiger partial charge is 0.349 e. The molecule has 0 bridgehead atoms. The average Bonchev–Trinajstić information content (AvgIpc) is 2.85. The molecule has 0 saturated carbocycles. The third-order valence-corrected chi connectivity index (χ3v) is 4.77. The number of aliphatic carboxylic acids is 2. The summed E-state index contributed by atoms with van der Waals surface area (Å²) in [6, 6.07) is 17.8. The lowest BCUT2D eigenvalue weighted by Gasteiger charge is -2.17. The van der Waals surface area contributed by atoms with Crippen molar-refractivity contribution in [3.8, 4) is 0 Å². The molecule has 0 aliphatic rings. The number of carbonyl (C=O) groups is 4. The molecule has 0 unspecified atom stereocenters. The fourth-order valence-electron chi connectivity index (χ4n) is 3.19. The number of hydrogen-bond donors (Lipinski definition) is 2. The Morgan fingerprint density at radius 1 is 0.686 bits per heavy atom. The van der Waals surface area contributed by atoms with Crippen LogP contribution in [0.2, 0.25) is 0 Å². The Balaban J connectivity index is 2.01. The first kappa shape index (κ1) is 24.6. The van der Waals surface area contributed by atoms with Crippen LogP contribution in [0.4, 0.5) is 5.69 Å². The van der Waals surface area contributed by atoms with E-state index in [0.29, 0.717) is 0 Å². The summed E-state index contributed by atoms with van der Waals surface area (Å²) in [6.45, 7) is 0. The minimum atomic E-state index is -1.83. The highest BCUT2D eigenvalue weighted by Crippen LogP contribution is 2.29. The summed E-state index contributed by atoms with van der Waals surface area (Å²) in [4.78, 5) is 59.9. The third kappa shape index (κ3) is 5.66. The lowest BCUT2D eigenvalue weighted by molar-refractivity contribution is -0.385. The first-order chi connectivity index (χ1) is 16.7. The molecule has 0 spiro atoms. The Morgan fingerprint density at radius 3 is 1.57 bits per heavy atom. The van der Waals surface area contributed by atoms with Crippen LogP contribution in [0.15, 0.2) is 78.9 Å². The van der Waals surface area contributed by atoms with Crippen molar-refractivity contribution in [2.24, 2.45) is 0 Å². The standard InChI is InChI=1S/C24H17NO10/c26-21(27)19(14-8-3-1-4-9-14)34-23(30)16-12-7-13-17(25(32)33)18(16)24(31)35-20(22(28)29)15-10-5-2-6-11-15/h1-13,19-20H,(H,26,27)(H,28,29)/t19-,20-/m0/s1. The van der Waals surface area contributed by atoms with E-state index >= 15 is 0 Å². The average molecular weight is 479 g/mol. The maximum Gasteiger partial charge on any atom is 0.349 e. The van der Waals surface area contributed by atoms with Crippen molar-refractivity contribution in [2.75, 3.05) is 0 Å². The van der Waals surface area contributed by atoms with E-state index in [1.54, 1.807) is 12.1 Å². The molecular weight excluding hydrogens is 462 g/mol. The Bertz CT molecular complexity index is 1270. The predicted molar refractivity (Wildman–Crippen MR) is 118 cm³/mol. The van der Waals surface area contributed by atoms with Crippen LogP contribution in [-0.2, 0) is 19.1 Å². The Hall–Kier alpha value is -5.06. The summed E-state index contributed by atoms with van der Waals surface area (Å²) in [5.74, 6) is -5.91. The highest BCUT2D eigenvalue weighted by atomic mass is 16.6. The largest absolute Gasteiger partial charge is 0.478 e. The first-order valence-corrected chi connectivity index (χ1v) is 9.95. The molecule has 0 amide bonds. The molecule has 0 radical (unpaired) electrons. The van der Waals surface area contributed by atoms with Gasteiger partial charge in [0.15, 0.2) is 5.56 Å². The number of ether oxygens (including phenoxy) is 2. The van der Waals surface area contributed by atoms with E-state index in [-0.39, 0.29) is 11.1 Å². The molecule has 11 nitrogen and oxygen atoms in total. The molecule has 0 fully saturated rings. The highest BCUT2D eigenvalue weighted by molar-refractivity contribution is 6.07. The second kappa shape index (κ2) is 10.7. The van der Waals surface area contributed by atoms with Crippen molar-refractivity contribution in [2.45, 2.75) is 12.2 Å². The van der Waals surface area contributed by atoms with Crippen LogP contribution < -0.4 is 0 Å². The van der Waals surface area contributed by atoms with Gasteiger partial charge in [-0.05, 0) is 6.07 Å². The molecule has 0 aliphatic heterocycles. The van der Waals surface area contributed by atoms with Crippen molar-refractivity contribution >= 4 is 29.6 Å². The molecule has 3 rings (SSSR count). The van der Waals surface area contributed by atoms with Gasteiger partial charge in [-0.2, -0.15) is 0 Å². The molecule has 3 aromatic rings. The second-order valence-corrected chi connectivity index (χ2v) is 7.03. The normalized spacial score (nSPS) is 12.1. The predicted octanol–water partition coefficient (Wildman–Crippen LogP) is 3.56. The van der Waals surface area contributed by atoms with Gasteiger partial charge in [-0.15, -0.1) is 0 Å². The van der Waals surface area contributed by atoms with E-state index in [9.17, 15) is 39.5 Å². The number of hydrogen-bond acceptors (Lipinski definition) is 8. The van der Waals surface area contributed by atoms with Crippen molar-refractivity contribution in [3.63, 3.8) is 0 Å². The van der Waals surface area contributed by atoms with Crippen molar-refractivity contribution < 1.29 is 43.8 Å². The van der Waals surface area contributed by atoms with Gasteiger partial charge in [0, 0.05) is 17.2 Å². The van der Waals surface area contributed by atoms with Crippen LogP contribution >= 0.6 is 0 Å². The van der Waals surface area contributed by atoms with Gasteiger partial charge in [0.1, 0.15) is 0 Å². The van der Waals surface area contributed by atoms with Crippen molar-refractivity contribution in [3.05, 3.63) is 111 Å². The van der Waals surface area contributed by atoms with Gasteiger partial charge < -0.3 is 19.7 Å². The van der Waals surface area contributed by atoms with Crippen LogP contribution in [0.3, 0.4) is 0 Å². The molecule has 11 heteroatoms. The molecule has 0 aliphatic carbocycles. The minimum Gasteiger partial charge on any atom is -0.478 e. The number of esters is 2. The van der Waals surface area contributed by atoms with Crippen LogP contribution in [0, 0.1) is 10.1 Å². The van der Waals surface area contributed by atoms with E-state index in [2.05, 4.69) is 0 Å². The number of rotatable bonds is 9. The van der Waals surface area contributed by atoms with E-state index < -0.39 is 57.8 Å². The summed E-state index contributed by atoms with van der Waals surface area (Å²) in [6.07, 6.45) is -3.61. The van der Waals surface area contributed by atoms with Gasteiger partial charge >= 0.3 is 23.9 Å². The van der Waals surface area contributed by atoms with Gasteiger partial charge in [-0.25, -0.2) is 19.2 Å². The number of nitrogens with zero attached hydrogens (tertiary/aromatic N) is 1. The van der Waals surface area contributed by atoms with E-state index in [4.69, 9.17) is 9.47 Å². The summed E-state index contributed by atoms with van der Waals surface area (Å²) in [7, 11) is 0. The van der Waals surface area contributed by atoms with Crippen LogP contribution in [0.25, 0.3) is 0 Å². The van der Waals surface area contributed by atoms with Crippen molar-refractivity contribution in [1.82, 2.24) is 0 Å². The number of nitro benzene ring substituents is 1. The van der Waals surface area contributed by atoms with Gasteiger partial charge in [0.2, 0.25) is 12.2 Å². The number of nitro groups is 1. The zero-order valence-electron chi connectivity index (χ0n) is 17.8. The molecule has 35 heavy (non-hydrogen) atoms. The van der Waals surface area contributed by atoms with Gasteiger partial charge in [0.25, 0.3) is 5.69 Å². The minimum absolute atomic E-state index is 0.0751. The summed E-state index contributed by atoms with van der Waals surface area (Å²) < 4.78 is 10.1. The molecule has 2 atom stereocenters. The Labute approximate surface area is 197 Å². The topological polar surface area (TPSA) is 170 Å². The van der Waals surface area contributed by atoms with Gasteiger partial charge in [-0.1, -0.05) is 66.7 Å². The SMILES string of the molecule is O=C(O[C@H](C(=O)O)c1ccccc1)c1cccc([N+](=O)[O-])c1C(=O)O[C@H](C(=O)O)c1ccccc1. The van der Waals surface area contributed by atoms with Crippen LogP contribution in [0.5, 0.6) is 0 Å². The number of carbonyl (C=O) groups excluding carboxylic acids is 2. The van der Waals surface area contributed by atoms with E-state index in [0.717, 1.165) is 18.2 Å². The number of benzene rings is 3. The maximum absolute atomic E-state index is 13.0. The van der Waals surface area contributed by atoms with E-state index in [1.165, 1.54) is 48.5 Å². The van der Waals surface area contributed by atoms with Crippen molar-refractivity contribution in [1.29, 1.82) is 0 Å². The fraction of sp³-hybridized carbons (Fsp3) is 0.0833. The van der Waals surface area contributed by atoms with Crippen LogP contribution in [-0.4, -0.2) is 39.0 Å². The quantitative estimate of drug-likeness (QED) is 0.263. The zero-order chi connectivity index (χ0) is 25.5. The molecule has 0 aromatic heterocycles. The molecule has 0 saturated heterocycles. The Morgan fingerprint density at radius 2 is 1.14 bits per heavy atom. The summed E-state index contributed by atoms with van der Waals surface area (Å²) in [5.41, 5.74) is -2.21. The zero-order valence-corrected chi connectivity index (χ0v) is 17.8. The second-order valence-electron chi connectivity index (χ2n) is 7.03. The van der Waals surface area contributed by atoms with Crippen LogP contribution in [0.1, 0.15) is 44.1 Å². The molecule has 3 aromatic carbocycles. The lowest BCUT2D eigenvalue weighted by Crippen LogP contribution is -2.24. The third-order valence-electron chi connectivity index (χ3n) is 4.77. The Kier molecular flexibility index (Phi) is 7.52. The van der Waals surface area contributed by atoms with E-state index in [1.807, 2.05) is 0 Å². The number of carboxylic acids is 2.